The minimum Gasteiger partial charge on any atom is -0.508 e. The molecule has 5 aromatic rings. The number of rotatable bonds is 1. The summed E-state index contributed by atoms with van der Waals surface area (Å²) in [4.78, 5) is 8.69. The van der Waals surface area contributed by atoms with Gasteiger partial charge in [0.1, 0.15) is 11.5 Å². The molecule has 0 aliphatic carbocycles. The summed E-state index contributed by atoms with van der Waals surface area (Å²) in [5.74, 6) is 0.514. The molecule has 0 unspecified atom stereocenters. The first-order valence-corrected chi connectivity index (χ1v) is 8.87. The highest BCUT2D eigenvalue weighted by Gasteiger charge is 2.00. The van der Waals surface area contributed by atoms with Crippen LogP contribution in [0.1, 0.15) is 0 Å². The third-order valence-corrected chi connectivity index (χ3v) is 4.41. The van der Waals surface area contributed by atoms with E-state index >= 15 is 0 Å². The van der Waals surface area contributed by atoms with E-state index in [1.54, 1.807) is 36.7 Å². The molecule has 0 radical (unpaired) electrons. The lowest BCUT2D eigenvalue weighted by atomic mass is 10.1. The van der Waals surface area contributed by atoms with E-state index in [0.717, 1.165) is 32.9 Å². The Morgan fingerprint density at radius 3 is 1.25 bits per heavy atom. The Balaban J connectivity index is 0.000000137. The first-order chi connectivity index (χ1) is 13.7. The average molecular weight is 366 g/mol. The highest BCUT2D eigenvalue weighted by molar-refractivity contribution is 6.02. The van der Waals surface area contributed by atoms with Crippen molar-refractivity contribution in [2.75, 3.05) is 0 Å². The Morgan fingerprint density at radius 1 is 0.464 bits per heavy atom. The maximum atomic E-state index is 9.11. The van der Waals surface area contributed by atoms with Gasteiger partial charge >= 0.3 is 0 Å². The summed E-state index contributed by atoms with van der Waals surface area (Å²) in [5, 5.41) is 20.5. The maximum absolute atomic E-state index is 9.11. The number of pyridine rings is 2. The molecule has 2 N–H and O–H groups in total. The van der Waals surface area contributed by atoms with E-state index in [-0.39, 0.29) is 11.5 Å². The Hall–Kier alpha value is -3.92. The van der Waals surface area contributed by atoms with Crippen molar-refractivity contribution in [3.05, 3.63) is 97.3 Å². The van der Waals surface area contributed by atoms with Crippen molar-refractivity contribution in [1.82, 2.24) is 9.97 Å². The second kappa shape index (κ2) is 7.76. The summed E-state index contributed by atoms with van der Waals surface area (Å²) in [5.41, 5.74) is 3.99. The summed E-state index contributed by atoms with van der Waals surface area (Å²) >= 11 is 0. The highest BCUT2D eigenvalue weighted by atomic mass is 16.3. The Kier molecular flexibility index (Phi) is 4.85. The molecule has 2 aromatic heterocycles. The summed E-state index contributed by atoms with van der Waals surface area (Å²) in [6, 6.07) is 26.0. The van der Waals surface area contributed by atoms with Crippen LogP contribution in [0.5, 0.6) is 11.5 Å². The molecule has 0 spiro atoms. The first kappa shape index (κ1) is 17.5. The molecule has 0 aliphatic heterocycles. The highest BCUT2D eigenvalue weighted by Crippen LogP contribution is 2.23. The van der Waals surface area contributed by atoms with Gasteiger partial charge in [0.05, 0.1) is 11.0 Å². The predicted molar refractivity (Wildman–Crippen MR) is 112 cm³/mol. The van der Waals surface area contributed by atoms with Crippen molar-refractivity contribution >= 4 is 21.8 Å². The monoisotopic (exact) mass is 366 g/mol. The van der Waals surface area contributed by atoms with Gasteiger partial charge in [-0.15, -0.1) is 0 Å². The van der Waals surface area contributed by atoms with Crippen LogP contribution in [-0.2, 0) is 0 Å². The lowest BCUT2D eigenvalue weighted by Crippen LogP contribution is -1.83. The number of benzene rings is 3. The van der Waals surface area contributed by atoms with E-state index in [1.807, 2.05) is 36.4 Å². The van der Waals surface area contributed by atoms with Crippen molar-refractivity contribution in [3.63, 3.8) is 0 Å². The van der Waals surface area contributed by atoms with Crippen LogP contribution in [-0.4, -0.2) is 20.2 Å². The first-order valence-electron chi connectivity index (χ1n) is 8.87. The molecular formula is C24H18N2O2. The van der Waals surface area contributed by atoms with Crippen molar-refractivity contribution in [2.45, 2.75) is 0 Å². The molecule has 0 saturated carbocycles. The SMILES string of the molecule is Oc1ccc(-c2ccc(O)cc2)cc1.c1cnc2c(c1)ccc1cccnc12. The minimum absolute atomic E-state index is 0.257. The Bertz CT molecular complexity index is 1120. The van der Waals surface area contributed by atoms with Crippen molar-refractivity contribution in [3.8, 4) is 22.6 Å². The van der Waals surface area contributed by atoms with Gasteiger partial charge in [0.2, 0.25) is 0 Å². The van der Waals surface area contributed by atoms with E-state index in [0.29, 0.717) is 0 Å². The Morgan fingerprint density at radius 2 is 0.857 bits per heavy atom. The fourth-order valence-corrected chi connectivity index (χ4v) is 2.99. The molecule has 4 heteroatoms. The van der Waals surface area contributed by atoms with E-state index in [9.17, 15) is 0 Å². The van der Waals surface area contributed by atoms with E-state index in [2.05, 4.69) is 34.2 Å². The molecule has 3 aromatic carbocycles. The summed E-state index contributed by atoms with van der Waals surface area (Å²) < 4.78 is 0. The van der Waals surface area contributed by atoms with Gasteiger partial charge in [-0.05, 0) is 47.5 Å². The summed E-state index contributed by atoms with van der Waals surface area (Å²) in [7, 11) is 0. The van der Waals surface area contributed by atoms with E-state index in [1.165, 1.54) is 0 Å². The van der Waals surface area contributed by atoms with Gasteiger partial charge in [-0.1, -0.05) is 48.5 Å². The van der Waals surface area contributed by atoms with Crippen LogP contribution in [0, 0.1) is 0 Å². The third kappa shape index (κ3) is 3.76. The summed E-state index contributed by atoms with van der Waals surface area (Å²) in [6.45, 7) is 0. The molecule has 0 atom stereocenters. The molecule has 0 saturated heterocycles. The third-order valence-electron chi connectivity index (χ3n) is 4.41. The lowest BCUT2D eigenvalue weighted by molar-refractivity contribution is 0.474. The van der Waals surface area contributed by atoms with Gasteiger partial charge in [0, 0.05) is 23.2 Å². The van der Waals surface area contributed by atoms with Gasteiger partial charge in [-0.3, -0.25) is 9.97 Å². The van der Waals surface area contributed by atoms with Gasteiger partial charge < -0.3 is 10.2 Å². The van der Waals surface area contributed by atoms with Crippen molar-refractivity contribution < 1.29 is 10.2 Å². The second-order valence-electron chi connectivity index (χ2n) is 6.31. The lowest BCUT2D eigenvalue weighted by Gasteiger charge is -2.01. The topological polar surface area (TPSA) is 66.2 Å². The number of aromatic nitrogens is 2. The second-order valence-corrected chi connectivity index (χ2v) is 6.31. The fraction of sp³-hybridized carbons (Fsp3) is 0. The van der Waals surface area contributed by atoms with Crippen LogP contribution < -0.4 is 0 Å². The predicted octanol–water partition coefficient (Wildman–Crippen LogP) is 5.55. The molecular weight excluding hydrogens is 348 g/mol. The average Bonchev–Trinajstić information content (AvgIpc) is 2.75. The molecule has 2 heterocycles. The largest absolute Gasteiger partial charge is 0.508 e. The number of hydrogen-bond acceptors (Lipinski definition) is 4. The quantitative estimate of drug-likeness (QED) is 0.382. The molecule has 0 fully saturated rings. The normalized spacial score (nSPS) is 10.4. The van der Waals surface area contributed by atoms with Crippen LogP contribution >= 0.6 is 0 Å². The zero-order valence-electron chi connectivity index (χ0n) is 15.0. The van der Waals surface area contributed by atoms with Gasteiger partial charge in [0.25, 0.3) is 0 Å². The number of phenolic OH excluding ortho intramolecular Hbond substituents is 2. The van der Waals surface area contributed by atoms with Crippen LogP contribution in [0.4, 0.5) is 0 Å². The zero-order valence-corrected chi connectivity index (χ0v) is 15.0. The van der Waals surface area contributed by atoms with Crippen LogP contribution in [0.2, 0.25) is 0 Å². The molecule has 4 nitrogen and oxygen atoms in total. The zero-order chi connectivity index (χ0) is 19.3. The van der Waals surface area contributed by atoms with Crippen molar-refractivity contribution in [2.24, 2.45) is 0 Å². The number of fused-ring (bicyclic) bond motifs is 3. The number of nitrogens with zero attached hydrogens (tertiary/aromatic N) is 2. The Labute approximate surface area is 162 Å². The van der Waals surface area contributed by atoms with E-state index in [4.69, 9.17) is 10.2 Å². The standard InChI is InChI=1S/C12H8N2.C12H10O2/c1-3-9-5-6-10-4-2-8-14-12(10)11(9)13-7-1;13-11-5-1-9(2-6-11)10-3-7-12(14)8-4-10/h1-8H;1-8,13-14H. The van der Waals surface area contributed by atoms with Crippen LogP contribution in [0.15, 0.2) is 97.3 Å². The molecule has 136 valence electrons. The van der Waals surface area contributed by atoms with Gasteiger partial charge in [-0.25, -0.2) is 0 Å². The molecule has 5 rings (SSSR count). The summed E-state index contributed by atoms with van der Waals surface area (Å²) in [6.07, 6.45) is 3.60. The van der Waals surface area contributed by atoms with Crippen LogP contribution in [0.25, 0.3) is 32.9 Å². The maximum Gasteiger partial charge on any atom is 0.115 e. The molecule has 0 aliphatic rings. The van der Waals surface area contributed by atoms with E-state index < -0.39 is 0 Å². The number of phenols is 2. The van der Waals surface area contributed by atoms with Crippen LogP contribution in [0.3, 0.4) is 0 Å². The number of aromatic hydroxyl groups is 2. The minimum atomic E-state index is 0.257. The molecule has 0 bridgehead atoms. The molecule has 0 amide bonds. The van der Waals surface area contributed by atoms with Gasteiger partial charge in [-0.2, -0.15) is 0 Å². The molecule has 28 heavy (non-hydrogen) atoms. The van der Waals surface area contributed by atoms with Gasteiger partial charge in [0.15, 0.2) is 0 Å². The van der Waals surface area contributed by atoms with Crippen molar-refractivity contribution in [1.29, 1.82) is 0 Å². The fourth-order valence-electron chi connectivity index (χ4n) is 2.99. The smallest absolute Gasteiger partial charge is 0.115 e. The number of hydrogen-bond donors (Lipinski definition) is 2.